The molecule has 0 fully saturated rings. The van der Waals surface area contributed by atoms with E-state index in [1.54, 1.807) is 0 Å². The zero-order valence-corrected chi connectivity index (χ0v) is 11.6. The third kappa shape index (κ3) is 11.6. The topological polar surface area (TPSA) is 63.6 Å². The summed E-state index contributed by atoms with van der Waals surface area (Å²) in [7, 11) is 0. The molecule has 1 N–H and O–H groups in total. The van der Waals surface area contributed by atoms with Crippen molar-refractivity contribution in [2.75, 3.05) is 6.61 Å². The van der Waals surface area contributed by atoms with Crippen LogP contribution in [0.25, 0.3) is 0 Å². The van der Waals surface area contributed by atoms with E-state index in [0.29, 0.717) is 6.42 Å². The van der Waals surface area contributed by atoms with E-state index in [2.05, 4.69) is 6.92 Å². The molecule has 0 bridgehead atoms. The minimum Gasteiger partial charge on any atom is -0.463 e. The molecule has 0 aromatic carbocycles. The fourth-order valence-electron chi connectivity index (χ4n) is 1.69. The van der Waals surface area contributed by atoms with Gasteiger partial charge in [-0.05, 0) is 13.3 Å². The summed E-state index contributed by atoms with van der Waals surface area (Å²) in [6, 6.07) is 0. The van der Waals surface area contributed by atoms with Crippen LogP contribution >= 0.6 is 0 Å². The lowest BCUT2D eigenvalue weighted by Crippen LogP contribution is -2.19. The van der Waals surface area contributed by atoms with Gasteiger partial charge in [-0.3, -0.25) is 9.59 Å². The van der Waals surface area contributed by atoms with Crippen LogP contribution in [-0.2, 0) is 14.3 Å². The molecule has 0 radical (unpaired) electrons. The summed E-state index contributed by atoms with van der Waals surface area (Å²) in [5.74, 6) is -0.769. The second-order valence-corrected chi connectivity index (χ2v) is 4.77. The van der Waals surface area contributed by atoms with Crippen LogP contribution in [0.5, 0.6) is 0 Å². The van der Waals surface area contributed by atoms with E-state index >= 15 is 0 Å². The minimum atomic E-state index is -0.605. The second-order valence-electron chi connectivity index (χ2n) is 4.77. The first-order valence-electron chi connectivity index (χ1n) is 6.89. The van der Waals surface area contributed by atoms with E-state index in [9.17, 15) is 14.7 Å². The Bertz CT molecular complexity index is 238. The number of ether oxygens (including phenoxy) is 1. The molecule has 4 nitrogen and oxygen atoms in total. The molecule has 106 valence electrons. The van der Waals surface area contributed by atoms with Gasteiger partial charge in [-0.25, -0.2) is 0 Å². The van der Waals surface area contributed by atoms with Crippen LogP contribution in [0.3, 0.4) is 0 Å². The van der Waals surface area contributed by atoms with Gasteiger partial charge < -0.3 is 9.84 Å². The SMILES string of the molecule is CCCCCCCCC(O)COC(=O)CC(C)=O. The van der Waals surface area contributed by atoms with Gasteiger partial charge in [0, 0.05) is 0 Å². The predicted molar refractivity (Wildman–Crippen MR) is 70.3 cm³/mol. The van der Waals surface area contributed by atoms with Crippen molar-refractivity contribution in [3.8, 4) is 0 Å². The van der Waals surface area contributed by atoms with Crippen molar-refractivity contribution in [2.24, 2.45) is 0 Å². The van der Waals surface area contributed by atoms with Gasteiger partial charge in [0.2, 0.25) is 0 Å². The highest BCUT2D eigenvalue weighted by Gasteiger charge is 2.10. The van der Waals surface area contributed by atoms with Crippen molar-refractivity contribution in [3.05, 3.63) is 0 Å². The summed E-state index contributed by atoms with van der Waals surface area (Å²) in [5, 5.41) is 9.57. The Hall–Kier alpha value is -0.900. The van der Waals surface area contributed by atoms with Crippen molar-refractivity contribution in [1.29, 1.82) is 0 Å². The fraction of sp³-hybridized carbons (Fsp3) is 0.857. The molecule has 0 rings (SSSR count). The van der Waals surface area contributed by atoms with Gasteiger partial charge in [0.25, 0.3) is 0 Å². The van der Waals surface area contributed by atoms with Gasteiger partial charge in [0.1, 0.15) is 18.8 Å². The summed E-state index contributed by atoms with van der Waals surface area (Å²) in [6.07, 6.45) is 6.86. The molecule has 0 heterocycles. The summed E-state index contributed by atoms with van der Waals surface area (Å²) >= 11 is 0. The van der Waals surface area contributed by atoms with Crippen LogP contribution in [0.2, 0.25) is 0 Å². The number of unbranched alkanes of at least 4 members (excludes halogenated alkanes) is 5. The van der Waals surface area contributed by atoms with Gasteiger partial charge in [-0.1, -0.05) is 45.4 Å². The number of Topliss-reactive ketones (excluding diaryl/α,β-unsaturated/α-hetero) is 1. The summed E-state index contributed by atoms with van der Waals surface area (Å²) in [4.78, 5) is 21.7. The minimum absolute atomic E-state index is 0.00106. The van der Waals surface area contributed by atoms with Crippen LogP contribution in [0.15, 0.2) is 0 Å². The number of carbonyl (C=O) groups is 2. The molecular formula is C14H26O4. The number of ketones is 1. The highest BCUT2D eigenvalue weighted by molar-refractivity contribution is 5.94. The molecule has 1 atom stereocenters. The highest BCUT2D eigenvalue weighted by Crippen LogP contribution is 2.09. The molecule has 0 saturated carbocycles. The largest absolute Gasteiger partial charge is 0.463 e. The van der Waals surface area contributed by atoms with Crippen molar-refractivity contribution in [1.82, 2.24) is 0 Å². The lowest BCUT2D eigenvalue weighted by Gasteiger charge is -2.10. The van der Waals surface area contributed by atoms with Crippen LogP contribution in [-0.4, -0.2) is 29.6 Å². The number of rotatable bonds is 11. The molecular weight excluding hydrogens is 232 g/mol. The molecule has 18 heavy (non-hydrogen) atoms. The number of carbonyl (C=O) groups excluding carboxylic acids is 2. The quantitative estimate of drug-likeness (QED) is 0.351. The van der Waals surface area contributed by atoms with Crippen LogP contribution in [0, 0.1) is 0 Å². The first-order valence-corrected chi connectivity index (χ1v) is 6.89. The first kappa shape index (κ1) is 17.1. The zero-order valence-electron chi connectivity index (χ0n) is 11.6. The Labute approximate surface area is 110 Å². The van der Waals surface area contributed by atoms with E-state index < -0.39 is 12.1 Å². The summed E-state index contributed by atoms with van der Waals surface area (Å²) in [5.41, 5.74) is 0. The highest BCUT2D eigenvalue weighted by atomic mass is 16.5. The third-order valence-electron chi connectivity index (χ3n) is 2.72. The van der Waals surface area contributed by atoms with E-state index in [0.717, 1.165) is 12.8 Å². The Morgan fingerprint density at radius 1 is 1.11 bits per heavy atom. The average Bonchev–Trinajstić information content (AvgIpc) is 2.30. The summed E-state index contributed by atoms with van der Waals surface area (Å²) in [6.45, 7) is 3.52. The van der Waals surface area contributed by atoms with Crippen molar-refractivity contribution >= 4 is 11.8 Å². The van der Waals surface area contributed by atoms with E-state index in [1.165, 1.54) is 32.6 Å². The standard InChI is InChI=1S/C14H26O4/c1-3-4-5-6-7-8-9-13(16)11-18-14(17)10-12(2)15/h13,16H,3-11H2,1-2H3. The molecule has 0 aliphatic carbocycles. The van der Waals surface area contributed by atoms with Crippen LogP contribution < -0.4 is 0 Å². The number of hydrogen-bond donors (Lipinski definition) is 1. The number of aliphatic hydroxyl groups is 1. The monoisotopic (exact) mass is 258 g/mol. The maximum atomic E-state index is 11.1. The molecule has 0 spiro atoms. The molecule has 0 aromatic heterocycles. The van der Waals surface area contributed by atoms with Gasteiger partial charge in [-0.2, -0.15) is 0 Å². The zero-order chi connectivity index (χ0) is 13.8. The van der Waals surface area contributed by atoms with Gasteiger partial charge in [0.15, 0.2) is 0 Å². The molecule has 0 saturated heterocycles. The normalized spacial score (nSPS) is 12.2. The lowest BCUT2D eigenvalue weighted by molar-refractivity contribution is -0.148. The Balaban J connectivity index is 3.39. The summed E-state index contributed by atoms with van der Waals surface area (Å²) < 4.78 is 4.80. The van der Waals surface area contributed by atoms with Gasteiger partial charge in [-0.15, -0.1) is 0 Å². The van der Waals surface area contributed by atoms with E-state index in [-0.39, 0.29) is 18.8 Å². The van der Waals surface area contributed by atoms with Crippen LogP contribution in [0.4, 0.5) is 0 Å². The van der Waals surface area contributed by atoms with Crippen molar-refractivity contribution in [3.63, 3.8) is 0 Å². The maximum Gasteiger partial charge on any atom is 0.313 e. The fourth-order valence-corrected chi connectivity index (χ4v) is 1.69. The predicted octanol–water partition coefficient (Wildman–Crippen LogP) is 2.62. The molecule has 0 aromatic rings. The molecule has 4 heteroatoms. The lowest BCUT2D eigenvalue weighted by atomic mass is 10.1. The Morgan fingerprint density at radius 3 is 2.33 bits per heavy atom. The number of hydrogen-bond acceptors (Lipinski definition) is 4. The maximum absolute atomic E-state index is 11.1. The van der Waals surface area contributed by atoms with Gasteiger partial charge >= 0.3 is 5.97 Å². The second kappa shape index (κ2) is 11.2. The average molecular weight is 258 g/mol. The molecule has 0 aliphatic heterocycles. The number of esters is 1. The molecule has 1 unspecified atom stereocenters. The van der Waals surface area contributed by atoms with E-state index in [1.807, 2.05) is 0 Å². The first-order chi connectivity index (χ1) is 8.56. The van der Waals surface area contributed by atoms with Gasteiger partial charge in [0.05, 0.1) is 6.10 Å². The molecule has 0 amide bonds. The van der Waals surface area contributed by atoms with Crippen LogP contribution in [0.1, 0.15) is 65.2 Å². The van der Waals surface area contributed by atoms with E-state index in [4.69, 9.17) is 4.74 Å². The van der Waals surface area contributed by atoms with Crippen molar-refractivity contribution < 1.29 is 19.4 Å². The van der Waals surface area contributed by atoms with Crippen molar-refractivity contribution in [2.45, 2.75) is 71.3 Å². The molecule has 0 aliphatic rings. The number of aliphatic hydroxyl groups excluding tert-OH is 1. The Kier molecular flexibility index (Phi) is 10.6. The third-order valence-corrected chi connectivity index (χ3v) is 2.72. The smallest absolute Gasteiger partial charge is 0.313 e. The Morgan fingerprint density at radius 2 is 1.72 bits per heavy atom.